The number of nitrogens with zero attached hydrogens (tertiary/aromatic N) is 3. The second-order valence-electron chi connectivity index (χ2n) is 5.67. The summed E-state index contributed by atoms with van der Waals surface area (Å²) in [6.45, 7) is 1.09. The highest BCUT2D eigenvalue weighted by Crippen LogP contribution is 2.30. The molecule has 0 bridgehead atoms. The number of likely N-dealkylation sites (tertiary alicyclic amines) is 1. The molecule has 1 atom stereocenters. The van der Waals surface area contributed by atoms with Gasteiger partial charge in [0.25, 0.3) is 5.91 Å². The van der Waals surface area contributed by atoms with E-state index in [0.29, 0.717) is 30.2 Å². The summed E-state index contributed by atoms with van der Waals surface area (Å²) >= 11 is 0. The molecule has 1 aliphatic rings. The van der Waals surface area contributed by atoms with E-state index in [1.165, 1.54) is 12.4 Å². The molecule has 2 N–H and O–H groups in total. The molecule has 0 radical (unpaired) electrons. The SMILES string of the molecule is CNc1ncc(C(=O)N2CC[C@H](c3ccccc3C(=O)O)C2)cn1. The first-order chi connectivity index (χ1) is 11.6. The van der Waals surface area contributed by atoms with Crippen LogP contribution in [0.5, 0.6) is 0 Å². The molecular weight excluding hydrogens is 308 g/mol. The van der Waals surface area contributed by atoms with Crippen molar-refractivity contribution in [3.63, 3.8) is 0 Å². The van der Waals surface area contributed by atoms with Crippen LogP contribution in [0.3, 0.4) is 0 Å². The summed E-state index contributed by atoms with van der Waals surface area (Å²) < 4.78 is 0. The van der Waals surface area contributed by atoms with Crippen LogP contribution in [-0.4, -0.2) is 52.0 Å². The fourth-order valence-electron chi connectivity index (χ4n) is 3.00. The Kier molecular flexibility index (Phi) is 4.41. The third-order valence-corrected chi connectivity index (χ3v) is 4.23. The lowest BCUT2D eigenvalue weighted by Gasteiger charge is -2.17. The van der Waals surface area contributed by atoms with Gasteiger partial charge in [0.15, 0.2) is 0 Å². The zero-order chi connectivity index (χ0) is 17.1. The molecule has 24 heavy (non-hydrogen) atoms. The second kappa shape index (κ2) is 6.66. The molecule has 0 aliphatic carbocycles. The highest BCUT2D eigenvalue weighted by Gasteiger charge is 2.30. The minimum Gasteiger partial charge on any atom is -0.478 e. The number of carbonyl (C=O) groups is 2. The fourth-order valence-corrected chi connectivity index (χ4v) is 3.00. The van der Waals surface area contributed by atoms with Gasteiger partial charge in [0.1, 0.15) is 0 Å². The smallest absolute Gasteiger partial charge is 0.335 e. The maximum absolute atomic E-state index is 12.6. The quantitative estimate of drug-likeness (QED) is 0.890. The van der Waals surface area contributed by atoms with E-state index < -0.39 is 5.97 Å². The fraction of sp³-hybridized carbons (Fsp3) is 0.294. The number of hydrogen-bond acceptors (Lipinski definition) is 5. The molecule has 0 spiro atoms. The first-order valence-corrected chi connectivity index (χ1v) is 7.71. The van der Waals surface area contributed by atoms with E-state index in [-0.39, 0.29) is 11.8 Å². The van der Waals surface area contributed by atoms with Gasteiger partial charge in [0.2, 0.25) is 5.95 Å². The van der Waals surface area contributed by atoms with Crippen molar-refractivity contribution >= 4 is 17.8 Å². The maximum atomic E-state index is 12.6. The number of amides is 1. The Morgan fingerprint density at radius 1 is 1.25 bits per heavy atom. The number of carboxylic acid groups (broad SMARTS) is 1. The average molecular weight is 326 g/mol. The van der Waals surface area contributed by atoms with Crippen molar-refractivity contribution in [2.24, 2.45) is 0 Å². The lowest BCUT2D eigenvalue weighted by atomic mass is 9.93. The average Bonchev–Trinajstić information content (AvgIpc) is 3.11. The predicted molar refractivity (Wildman–Crippen MR) is 88.2 cm³/mol. The molecule has 1 aromatic heterocycles. The molecule has 0 unspecified atom stereocenters. The van der Waals surface area contributed by atoms with Crippen LogP contribution in [0.2, 0.25) is 0 Å². The largest absolute Gasteiger partial charge is 0.478 e. The van der Waals surface area contributed by atoms with Gasteiger partial charge in [-0.3, -0.25) is 4.79 Å². The number of aromatic nitrogens is 2. The number of carboxylic acids is 1. The number of benzene rings is 1. The van der Waals surface area contributed by atoms with Crippen LogP contribution in [0.1, 0.15) is 38.6 Å². The standard InChI is InChI=1S/C17H18N4O3/c1-18-17-19-8-12(9-20-17)15(22)21-7-6-11(10-21)13-4-2-3-5-14(13)16(23)24/h2-5,8-9,11H,6-7,10H2,1H3,(H,23,24)(H,18,19,20)/t11-/m0/s1. The van der Waals surface area contributed by atoms with Crippen LogP contribution < -0.4 is 5.32 Å². The van der Waals surface area contributed by atoms with E-state index in [0.717, 1.165) is 12.0 Å². The third-order valence-electron chi connectivity index (χ3n) is 4.23. The van der Waals surface area contributed by atoms with Crippen molar-refractivity contribution in [3.05, 3.63) is 53.3 Å². The summed E-state index contributed by atoms with van der Waals surface area (Å²) in [6, 6.07) is 6.97. The van der Waals surface area contributed by atoms with Crippen LogP contribution in [0.25, 0.3) is 0 Å². The molecule has 7 heteroatoms. The van der Waals surface area contributed by atoms with Gasteiger partial charge in [-0.2, -0.15) is 0 Å². The third kappa shape index (κ3) is 3.05. The Bertz CT molecular complexity index is 761. The monoisotopic (exact) mass is 326 g/mol. The molecule has 0 saturated carbocycles. The second-order valence-corrected chi connectivity index (χ2v) is 5.67. The zero-order valence-corrected chi connectivity index (χ0v) is 13.3. The molecule has 1 fully saturated rings. The van der Waals surface area contributed by atoms with E-state index in [1.807, 2.05) is 12.1 Å². The van der Waals surface area contributed by atoms with E-state index in [1.54, 1.807) is 24.1 Å². The molecule has 3 rings (SSSR count). The Morgan fingerprint density at radius 2 is 1.96 bits per heavy atom. The van der Waals surface area contributed by atoms with Crippen LogP contribution in [-0.2, 0) is 0 Å². The zero-order valence-electron chi connectivity index (χ0n) is 13.3. The van der Waals surface area contributed by atoms with Gasteiger partial charge in [0.05, 0.1) is 11.1 Å². The Hall–Kier alpha value is -2.96. The number of hydrogen-bond donors (Lipinski definition) is 2. The molecular formula is C17H18N4O3. The van der Waals surface area contributed by atoms with Crippen LogP contribution in [0.15, 0.2) is 36.7 Å². The Morgan fingerprint density at radius 3 is 2.62 bits per heavy atom. The van der Waals surface area contributed by atoms with Gasteiger partial charge in [-0.15, -0.1) is 0 Å². The van der Waals surface area contributed by atoms with Gasteiger partial charge in [-0.25, -0.2) is 14.8 Å². The Labute approximate surface area is 139 Å². The van der Waals surface area contributed by atoms with Crippen molar-refractivity contribution in [1.82, 2.24) is 14.9 Å². The molecule has 2 aromatic rings. The summed E-state index contributed by atoms with van der Waals surface area (Å²) in [6.07, 6.45) is 3.74. The van der Waals surface area contributed by atoms with Crippen molar-refractivity contribution in [3.8, 4) is 0 Å². The molecule has 2 heterocycles. The van der Waals surface area contributed by atoms with Crippen molar-refractivity contribution < 1.29 is 14.7 Å². The van der Waals surface area contributed by atoms with Crippen molar-refractivity contribution in [2.45, 2.75) is 12.3 Å². The van der Waals surface area contributed by atoms with E-state index >= 15 is 0 Å². The minimum absolute atomic E-state index is 0.0266. The predicted octanol–water partition coefficient (Wildman–Crippen LogP) is 1.85. The number of carbonyl (C=O) groups excluding carboxylic acids is 1. The molecule has 7 nitrogen and oxygen atoms in total. The normalized spacial score (nSPS) is 16.9. The first kappa shape index (κ1) is 15.9. The summed E-state index contributed by atoms with van der Waals surface area (Å²) in [5.41, 5.74) is 1.52. The summed E-state index contributed by atoms with van der Waals surface area (Å²) in [4.78, 5) is 33.8. The lowest BCUT2D eigenvalue weighted by molar-refractivity contribution is 0.0695. The minimum atomic E-state index is -0.938. The van der Waals surface area contributed by atoms with Crippen molar-refractivity contribution in [2.75, 3.05) is 25.5 Å². The summed E-state index contributed by atoms with van der Waals surface area (Å²) in [7, 11) is 1.71. The molecule has 1 aromatic carbocycles. The van der Waals surface area contributed by atoms with Gasteiger partial charge in [-0.1, -0.05) is 18.2 Å². The van der Waals surface area contributed by atoms with Gasteiger partial charge < -0.3 is 15.3 Å². The van der Waals surface area contributed by atoms with Gasteiger partial charge >= 0.3 is 5.97 Å². The van der Waals surface area contributed by atoms with Crippen molar-refractivity contribution in [1.29, 1.82) is 0 Å². The lowest BCUT2D eigenvalue weighted by Crippen LogP contribution is -2.28. The molecule has 1 saturated heterocycles. The van der Waals surface area contributed by atoms with E-state index in [2.05, 4.69) is 15.3 Å². The van der Waals surface area contributed by atoms with E-state index in [4.69, 9.17) is 0 Å². The maximum Gasteiger partial charge on any atom is 0.335 e. The number of rotatable bonds is 4. The van der Waals surface area contributed by atoms with Gasteiger partial charge in [-0.05, 0) is 18.1 Å². The number of nitrogens with one attached hydrogen (secondary N) is 1. The number of anilines is 1. The van der Waals surface area contributed by atoms with Gasteiger partial charge in [0, 0.05) is 38.4 Å². The Balaban J connectivity index is 1.75. The summed E-state index contributed by atoms with van der Waals surface area (Å²) in [5.74, 6) is -0.584. The topological polar surface area (TPSA) is 95.4 Å². The highest BCUT2D eigenvalue weighted by molar-refractivity contribution is 5.94. The molecule has 1 aliphatic heterocycles. The van der Waals surface area contributed by atoms with Crippen LogP contribution >= 0.6 is 0 Å². The van der Waals surface area contributed by atoms with Crippen LogP contribution in [0.4, 0.5) is 5.95 Å². The number of aromatic carboxylic acids is 1. The van der Waals surface area contributed by atoms with E-state index in [9.17, 15) is 14.7 Å². The molecule has 1 amide bonds. The summed E-state index contributed by atoms with van der Waals surface area (Å²) in [5, 5.41) is 12.1. The molecule has 124 valence electrons. The first-order valence-electron chi connectivity index (χ1n) is 7.71. The highest BCUT2D eigenvalue weighted by atomic mass is 16.4. The van der Waals surface area contributed by atoms with Crippen LogP contribution in [0, 0.1) is 0 Å².